The van der Waals surface area contributed by atoms with Crippen molar-refractivity contribution in [3.8, 4) is 0 Å². The lowest BCUT2D eigenvalue weighted by Gasteiger charge is -2.24. The van der Waals surface area contributed by atoms with Gasteiger partial charge in [0.05, 0.1) is 24.7 Å². The van der Waals surface area contributed by atoms with Crippen molar-refractivity contribution in [3.05, 3.63) is 0 Å². The maximum Gasteiger partial charge on any atom is 0.211 e. The van der Waals surface area contributed by atoms with Crippen molar-refractivity contribution in [2.45, 2.75) is 26.1 Å². The predicted octanol–water partition coefficient (Wildman–Crippen LogP) is -0.779. The molecule has 0 saturated carbocycles. The Balaban J connectivity index is 4.59. The highest BCUT2D eigenvalue weighted by molar-refractivity contribution is 7.88. The smallest absolute Gasteiger partial charge is 0.211 e. The minimum atomic E-state index is -3.32. The third-order valence-electron chi connectivity index (χ3n) is 2.06. The molecule has 0 heterocycles. The van der Waals surface area contributed by atoms with Crippen molar-refractivity contribution >= 4 is 20.0 Å². The fraction of sp³-hybridized carbons (Fsp3) is 1.00. The Labute approximate surface area is 110 Å². The summed E-state index contributed by atoms with van der Waals surface area (Å²) in [7, 11) is -5.21. The normalized spacial score (nSPS) is 15.3. The first-order valence-electron chi connectivity index (χ1n) is 5.43. The van der Waals surface area contributed by atoms with Crippen LogP contribution in [0.25, 0.3) is 0 Å². The molecule has 1 N–H and O–H groups in total. The van der Waals surface area contributed by atoms with Crippen LogP contribution in [0.2, 0.25) is 0 Å². The second-order valence-corrected chi connectivity index (χ2v) is 8.39. The van der Waals surface area contributed by atoms with Crippen LogP contribution in [0, 0.1) is 0 Å². The van der Waals surface area contributed by atoms with Gasteiger partial charge in [-0.1, -0.05) is 0 Å². The Morgan fingerprint density at radius 3 is 2.00 bits per heavy atom. The first kappa shape index (κ1) is 17.8. The average Bonchev–Trinajstić information content (AvgIpc) is 2.10. The Hall–Kier alpha value is -0.220. The minimum absolute atomic E-state index is 0.0386. The molecule has 0 amide bonds. The number of hydrogen-bond acceptors (Lipinski definition) is 5. The Morgan fingerprint density at radius 1 is 1.17 bits per heavy atom. The van der Waals surface area contributed by atoms with E-state index in [1.165, 1.54) is 7.05 Å². The van der Waals surface area contributed by atoms with Crippen molar-refractivity contribution in [2.24, 2.45) is 0 Å². The summed E-state index contributed by atoms with van der Waals surface area (Å²) in [5.74, 6) is 0. The summed E-state index contributed by atoms with van der Waals surface area (Å²) < 4.78 is 53.5. The first-order chi connectivity index (χ1) is 7.92. The van der Waals surface area contributed by atoms with Gasteiger partial charge in [-0.3, -0.25) is 0 Å². The van der Waals surface area contributed by atoms with Crippen LogP contribution < -0.4 is 4.72 Å². The van der Waals surface area contributed by atoms with E-state index in [1.54, 1.807) is 13.8 Å². The summed E-state index contributed by atoms with van der Waals surface area (Å²) in [6.45, 7) is 3.73. The molecule has 0 fully saturated rings. The second-order valence-electron chi connectivity index (χ2n) is 4.47. The summed E-state index contributed by atoms with van der Waals surface area (Å²) >= 11 is 0. The summed E-state index contributed by atoms with van der Waals surface area (Å²) in [5, 5.41) is 0. The maximum atomic E-state index is 11.3. The third kappa shape index (κ3) is 8.81. The van der Waals surface area contributed by atoms with E-state index >= 15 is 0 Å². The molecule has 0 saturated heterocycles. The van der Waals surface area contributed by atoms with E-state index < -0.39 is 26.2 Å². The maximum absolute atomic E-state index is 11.3. The molecule has 0 spiro atoms. The zero-order chi connectivity index (χ0) is 14.6. The number of rotatable bonds is 8. The molecule has 9 heteroatoms. The van der Waals surface area contributed by atoms with E-state index in [0.717, 1.165) is 16.8 Å². The number of ether oxygens (including phenoxy) is 1. The summed E-state index contributed by atoms with van der Waals surface area (Å²) in [4.78, 5) is 0. The van der Waals surface area contributed by atoms with Crippen LogP contribution in [-0.2, 0) is 24.8 Å². The predicted molar refractivity (Wildman–Crippen MR) is 70.3 cm³/mol. The molecule has 0 aliphatic rings. The van der Waals surface area contributed by atoms with Crippen LogP contribution >= 0.6 is 0 Å². The van der Waals surface area contributed by atoms with E-state index in [2.05, 4.69) is 4.72 Å². The second kappa shape index (κ2) is 6.80. The molecule has 0 radical (unpaired) electrons. The molecular formula is C9H22N2O5S2. The lowest BCUT2D eigenvalue weighted by Crippen LogP contribution is -2.42. The molecule has 0 aromatic carbocycles. The first-order valence-corrected chi connectivity index (χ1v) is 9.17. The number of nitrogens with one attached hydrogen (secondary N) is 1. The largest absolute Gasteiger partial charge is 0.373 e. The topological polar surface area (TPSA) is 92.8 Å². The molecule has 18 heavy (non-hydrogen) atoms. The highest BCUT2D eigenvalue weighted by Crippen LogP contribution is 2.03. The van der Waals surface area contributed by atoms with Crippen molar-refractivity contribution < 1.29 is 21.6 Å². The van der Waals surface area contributed by atoms with E-state index in [9.17, 15) is 16.8 Å². The van der Waals surface area contributed by atoms with Gasteiger partial charge in [-0.15, -0.1) is 0 Å². The molecular weight excluding hydrogens is 280 g/mol. The third-order valence-corrected chi connectivity index (χ3v) is 4.04. The number of hydrogen-bond donors (Lipinski definition) is 1. The Bertz CT molecular complexity index is 444. The molecule has 1 unspecified atom stereocenters. The van der Waals surface area contributed by atoms with Gasteiger partial charge in [-0.25, -0.2) is 25.9 Å². The molecule has 0 aliphatic heterocycles. The number of sulfonamides is 2. The standard InChI is InChI=1S/C9H22N2O5S2/c1-8(2)16-9(6-10-17(4,12)13)7-11(3)18(5,14)15/h8-10H,6-7H2,1-5H3. The lowest BCUT2D eigenvalue weighted by molar-refractivity contribution is 0.00445. The number of nitrogens with zero attached hydrogens (tertiary/aromatic N) is 1. The van der Waals surface area contributed by atoms with Crippen LogP contribution in [0.5, 0.6) is 0 Å². The highest BCUT2D eigenvalue weighted by Gasteiger charge is 2.20. The fourth-order valence-corrected chi connectivity index (χ4v) is 2.13. The molecule has 1 atom stereocenters. The van der Waals surface area contributed by atoms with Gasteiger partial charge in [0.1, 0.15) is 0 Å². The minimum Gasteiger partial charge on any atom is -0.373 e. The molecule has 0 aromatic rings. The molecule has 0 rings (SSSR count). The molecule has 110 valence electrons. The van der Waals surface area contributed by atoms with Gasteiger partial charge in [-0.2, -0.15) is 0 Å². The Kier molecular flexibility index (Phi) is 6.72. The van der Waals surface area contributed by atoms with E-state index in [-0.39, 0.29) is 19.2 Å². The highest BCUT2D eigenvalue weighted by atomic mass is 32.2. The van der Waals surface area contributed by atoms with E-state index in [1.807, 2.05) is 0 Å². The van der Waals surface area contributed by atoms with Crippen LogP contribution in [-0.4, -0.2) is 66.0 Å². The van der Waals surface area contributed by atoms with Gasteiger partial charge in [-0.05, 0) is 13.8 Å². The fourth-order valence-electron chi connectivity index (χ4n) is 1.21. The van der Waals surface area contributed by atoms with E-state index in [0.29, 0.717) is 0 Å². The zero-order valence-electron chi connectivity index (χ0n) is 11.4. The van der Waals surface area contributed by atoms with Crippen LogP contribution in [0.3, 0.4) is 0 Å². The van der Waals surface area contributed by atoms with Gasteiger partial charge in [0, 0.05) is 20.1 Å². The average molecular weight is 302 g/mol. The van der Waals surface area contributed by atoms with Crippen molar-refractivity contribution in [3.63, 3.8) is 0 Å². The van der Waals surface area contributed by atoms with Gasteiger partial charge < -0.3 is 4.74 Å². The molecule has 0 aromatic heterocycles. The van der Waals surface area contributed by atoms with Crippen LogP contribution in [0.1, 0.15) is 13.8 Å². The van der Waals surface area contributed by atoms with E-state index in [4.69, 9.17) is 4.74 Å². The van der Waals surface area contributed by atoms with Crippen LogP contribution in [0.15, 0.2) is 0 Å². The molecule has 7 nitrogen and oxygen atoms in total. The summed E-state index contributed by atoms with van der Waals surface area (Å²) in [6, 6.07) is 0. The van der Waals surface area contributed by atoms with Gasteiger partial charge in [0.25, 0.3) is 0 Å². The zero-order valence-corrected chi connectivity index (χ0v) is 13.0. The van der Waals surface area contributed by atoms with Crippen molar-refractivity contribution in [1.82, 2.24) is 9.03 Å². The molecule has 0 aliphatic carbocycles. The summed E-state index contributed by atoms with van der Waals surface area (Å²) in [5.41, 5.74) is 0. The SMILES string of the molecule is CC(C)OC(CNS(C)(=O)=O)CN(C)S(C)(=O)=O. The van der Waals surface area contributed by atoms with Crippen molar-refractivity contribution in [1.29, 1.82) is 0 Å². The van der Waals surface area contributed by atoms with Gasteiger partial charge in [0.15, 0.2) is 0 Å². The molecule has 0 bridgehead atoms. The monoisotopic (exact) mass is 302 g/mol. The van der Waals surface area contributed by atoms with Crippen LogP contribution in [0.4, 0.5) is 0 Å². The quantitative estimate of drug-likeness (QED) is 0.635. The van der Waals surface area contributed by atoms with Gasteiger partial charge in [0.2, 0.25) is 20.0 Å². The summed E-state index contributed by atoms with van der Waals surface area (Å²) in [6.07, 6.45) is 1.48. The lowest BCUT2D eigenvalue weighted by atomic mass is 10.3. The van der Waals surface area contributed by atoms with Crippen molar-refractivity contribution in [2.75, 3.05) is 32.6 Å². The number of likely N-dealkylation sites (N-methyl/N-ethyl adjacent to an activating group) is 1. The van der Waals surface area contributed by atoms with Gasteiger partial charge >= 0.3 is 0 Å². The Morgan fingerprint density at radius 2 is 1.67 bits per heavy atom.